The number of nitrogens with zero attached hydrogens (tertiary/aromatic N) is 1. The molecule has 0 spiro atoms. The first-order chi connectivity index (χ1) is 8.49. The molecule has 2 unspecified atom stereocenters. The monoisotopic (exact) mass is 274 g/mol. The summed E-state index contributed by atoms with van der Waals surface area (Å²) in [6.45, 7) is 0.957. The quantitative estimate of drug-likeness (QED) is 0.813. The number of rotatable bonds is 5. The van der Waals surface area contributed by atoms with Crippen LogP contribution in [0.2, 0.25) is 0 Å². The molecule has 2 rings (SSSR count). The molecular formula is C13H26N2O2S. The largest absolute Gasteiger partial charge is 0.317 e. The maximum absolute atomic E-state index is 11.2. The number of piperidine rings is 2. The number of nitrogens with one attached hydrogen (secondary N) is 1. The van der Waals surface area contributed by atoms with Crippen LogP contribution in [-0.2, 0) is 9.84 Å². The van der Waals surface area contributed by atoms with Crippen LogP contribution in [-0.4, -0.2) is 57.0 Å². The minimum Gasteiger partial charge on any atom is -0.317 e. The molecule has 2 aliphatic heterocycles. The van der Waals surface area contributed by atoms with Gasteiger partial charge in [-0.2, -0.15) is 0 Å². The van der Waals surface area contributed by atoms with Crippen LogP contribution in [0.4, 0.5) is 0 Å². The summed E-state index contributed by atoms with van der Waals surface area (Å²) in [5, 5.41) is 3.41. The average molecular weight is 274 g/mol. The summed E-state index contributed by atoms with van der Waals surface area (Å²) >= 11 is 0. The Hall–Kier alpha value is -0.130. The molecule has 0 aromatic carbocycles. The van der Waals surface area contributed by atoms with E-state index in [2.05, 4.69) is 17.3 Å². The summed E-state index contributed by atoms with van der Waals surface area (Å²) in [5.41, 5.74) is 0. The van der Waals surface area contributed by atoms with Crippen molar-refractivity contribution in [1.29, 1.82) is 0 Å². The van der Waals surface area contributed by atoms with Crippen LogP contribution in [0, 0.1) is 0 Å². The summed E-state index contributed by atoms with van der Waals surface area (Å²) in [7, 11) is -0.748. The first-order valence-corrected chi connectivity index (χ1v) is 9.16. The van der Waals surface area contributed by atoms with Crippen LogP contribution < -0.4 is 5.32 Å². The van der Waals surface area contributed by atoms with Crippen molar-refractivity contribution < 1.29 is 8.42 Å². The van der Waals surface area contributed by atoms with Gasteiger partial charge in [-0.25, -0.2) is 8.42 Å². The summed E-state index contributed by atoms with van der Waals surface area (Å²) in [6.07, 6.45) is 8.49. The lowest BCUT2D eigenvalue weighted by atomic mass is 9.81. The second kappa shape index (κ2) is 5.88. The number of fused-ring (bicyclic) bond motifs is 2. The van der Waals surface area contributed by atoms with Gasteiger partial charge in [-0.3, -0.25) is 4.90 Å². The molecule has 2 atom stereocenters. The topological polar surface area (TPSA) is 49.4 Å². The Balaban J connectivity index is 1.88. The second-order valence-electron chi connectivity index (χ2n) is 5.92. The molecule has 0 radical (unpaired) electrons. The molecule has 2 aliphatic rings. The lowest BCUT2D eigenvalue weighted by molar-refractivity contribution is 0.0264. The summed E-state index contributed by atoms with van der Waals surface area (Å²) in [6, 6.07) is 2.01. The molecule has 0 aromatic rings. The highest BCUT2D eigenvalue weighted by atomic mass is 32.2. The highest BCUT2D eigenvalue weighted by molar-refractivity contribution is 7.90. The first kappa shape index (κ1) is 14.3. The molecule has 2 heterocycles. The van der Waals surface area contributed by atoms with Crippen LogP contribution in [0.15, 0.2) is 0 Å². The van der Waals surface area contributed by atoms with E-state index in [9.17, 15) is 8.42 Å². The number of hydrogen-bond donors (Lipinski definition) is 1. The van der Waals surface area contributed by atoms with E-state index in [1.165, 1.54) is 38.4 Å². The highest BCUT2D eigenvalue weighted by Gasteiger charge is 2.37. The van der Waals surface area contributed by atoms with Gasteiger partial charge < -0.3 is 5.32 Å². The molecule has 0 aliphatic carbocycles. The van der Waals surface area contributed by atoms with Crippen molar-refractivity contribution in [2.24, 2.45) is 0 Å². The van der Waals surface area contributed by atoms with Gasteiger partial charge in [-0.1, -0.05) is 6.42 Å². The minimum absolute atomic E-state index is 0.332. The maximum Gasteiger partial charge on any atom is 0.147 e. The molecular weight excluding hydrogens is 248 g/mol. The fourth-order valence-electron chi connectivity index (χ4n) is 3.59. The predicted octanol–water partition coefficient (Wildman–Crippen LogP) is 1.03. The van der Waals surface area contributed by atoms with Crippen LogP contribution >= 0.6 is 0 Å². The van der Waals surface area contributed by atoms with E-state index >= 15 is 0 Å². The normalized spacial score (nSPS) is 33.6. The van der Waals surface area contributed by atoms with Crippen LogP contribution in [0.25, 0.3) is 0 Å². The van der Waals surface area contributed by atoms with E-state index in [1.54, 1.807) is 0 Å². The average Bonchev–Trinajstić information content (AvgIpc) is 2.26. The Kier molecular flexibility index (Phi) is 4.67. The Morgan fingerprint density at radius 3 is 2.33 bits per heavy atom. The minimum atomic E-state index is -2.80. The van der Waals surface area contributed by atoms with Gasteiger partial charge in [0.15, 0.2) is 0 Å². The van der Waals surface area contributed by atoms with E-state index in [0.29, 0.717) is 23.9 Å². The Morgan fingerprint density at radius 2 is 1.83 bits per heavy atom. The zero-order valence-electron chi connectivity index (χ0n) is 11.6. The van der Waals surface area contributed by atoms with Crippen molar-refractivity contribution in [2.75, 3.05) is 25.6 Å². The summed E-state index contributed by atoms with van der Waals surface area (Å²) < 4.78 is 22.4. The van der Waals surface area contributed by atoms with E-state index in [0.717, 1.165) is 13.0 Å². The van der Waals surface area contributed by atoms with Gasteiger partial charge in [0.2, 0.25) is 0 Å². The third kappa shape index (κ3) is 3.68. The Morgan fingerprint density at radius 1 is 1.22 bits per heavy atom. The molecule has 18 heavy (non-hydrogen) atoms. The molecule has 2 bridgehead atoms. The summed E-state index contributed by atoms with van der Waals surface area (Å²) in [5.74, 6) is 0.332. The lowest BCUT2D eigenvalue weighted by Gasteiger charge is -2.49. The van der Waals surface area contributed by atoms with E-state index < -0.39 is 9.84 Å². The standard InChI is InChI=1S/C13H26N2O2S/c1-14-11-9-12-5-3-6-13(10-11)15(12)7-4-8-18(2,16)17/h11-14H,3-10H2,1-2H3. The Labute approximate surface area is 111 Å². The smallest absolute Gasteiger partial charge is 0.147 e. The molecule has 0 amide bonds. The fourth-order valence-corrected chi connectivity index (χ4v) is 4.24. The highest BCUT2D eigenvalue weighted by Crippen LogP contribution is 2.33. The van der Waals surface area contributed by atoms with Crippen molar-refractivity contribution in [3.8, 4) is 0 Å². The second-order valence-corrected chi connectivity index (χ2v) is 8.18. The fraction of sp³-hybridized carbons (Fsp3) is 1.00. The number of sulfone groups is 1. The van der Waals surface area contributed by atoms with Gasteiger partial charge in [0, 0.05) is 24.4 Å². The molecule has 106 valence electrons. The van der Waals surface area contributed by atoms with Gasteiger partial charge in [0.1, 0.15) is 9.84 Å². The van der Waals surface area contributed by atoms with Crippen LogP contribution in [0.3, 0.4) is 0 Å². The molecule has 0 saturated carbocycles. The van der Waals surface area contributed by atoms with Gasteiger partial charge in [-0.05, 0) is 45.7 Å². The molecule has 4 nitrogen and oxygen atoms in total. The van der Waals surface area contributed by atoms with Crippen molar-refractivity contribution in [1.82, 2.24) is 10.2 Å². The van der Waals surface area contributed by atoms with Gasteiger partial charge in [0.05, 0.1) is 5.75 Å². The molecule has 5 heteroatoms. The van der Waals surface area contributed by atoms with Crippen molar-refractivity contribution >= 4 is 9.84 Å². The van der Waals surface area contributed by atoms with Crippen LogP contribution in [0.5, 0.6) is 0 Å². The maximum atomic E-state index is 11.2. The summed E-state index contributed by atoms with van der Waals surface area (Å²) in [4.78, 5) is 2.59. The van der Waals surface area contributed by atoms with Gasteiger partial charge in [-0.15, -0.1) is 0 Å². The van der Waals surface area contributed by atoms with E-state index in [-0.39, 0.29) is 0 Å². The SMILES string of the molecule is CNC1CC2CCCC(C1)N2CCCS(C)(=O)=O. The molecule has 1 N–H and O–H groups in total. The molecule has 2 fully saturated rings. The zero-order chi connectivity index (χ0) is 13.2. The van der Waals surface area contributed by atoms with Crippen LogP contribution in [0.1, 0.15) is 38.5 Å². The number of hydrogen-bond acceptors (Lipinski definition) is 4. The van der Waals surface area contributed by atoms with Crippen molar-refractivity contribution in [3.63, 3.8) is 0 Å². The van der Waals surface area contributed by atoms with Crippen molar-refractivity contribution in [2.45, 2.75) is 56.7 Å². The van der Waals surface area contributed by atoms with E-state index in [1.807, 2.05) is 0 Å². The predicted molar refractivity (Wildman–Crippen MR) is 74.5 cm³/mol. The van der Waals surface area contributed by atoms with E-state index in [4.69, 9.17) is 0 Å². The Bertz CT molecular complexity index is 355. The molecule has 0 aromatic heterocycles. The van der Waals surface area contributed by atoms with Crippen molar-refractivity contribution in [3.05, 3.63) is 0 Å². The zero-order valence-corrected chi connectivity index (χ0v) is 12.4. The van der Waals surface area contributed by atoms with Gasteiger partial charge in [0.25, 0.3) is 0 Å². The first-order valence-electron chi connectivity index (χ1n) is 7.10. The third-order valence-corrected chi connectivity index (χ3v) is 5.50. The molecule has 2 saturated heterocycles. The third-order valence-electron chi connectivity index (χ3n) is 4.47. The van der Waals surface area contributed by atoms with Gasteiger partial charge >= 0.3 is 0 Å². The lowest BCUT2D eigenvalue weighted by Crippen LogP contribution is -2.56.